The molecule has 0 saturated carbocycles. The van der Waals surface area contributed by atoms with E-state index in [9.17, 15) is 22.4 Å². The van der Waals surface area contributed by atoms with Crippen molar-refractivity contribution in [3.05, 3.63) is 89.7 Å². The van der Waals surface area contributed by atoms with Crippen LogP contribution in [0.25, 0.3) is 0 Å². The zero-order valence-electron chi connectivity index (χ0n) is 21.8. The average Bonchev–Trinajstić information content (AvgIpc) is 2.90. The number of anilines is 1. The molecular formula is C28H32FN3O5S. The van der Waals surface area contributed by atoms with Gasteiger partial charge in [-0.1, -0.05) is 42.0 Å². The number of amides is 2. The highest BCUT2D eigenvalue weighted by Gasteiger charge is 2.33. The fourth-order valence-corrected chi connectivity index (χ4v) is 5.30. The average molecular weight is 542 g/mol. The molecule has 38 heavy (non-hydrogen) atoms. The smallest absolute Gasteiger partial charge is 0.264 e. The van der Waals surface area contributed by atoms with Gasteiger partial charge in [0.1, 0.15) is 24.2 Å². The number of ether oxygens (including phenoxy) is 1. The number of sulfonamides is 1. The highest BCUT2D eigenvalue weighted by Crippen LogP contribution is 2.27. The predicted octanol–water partition coefficient (Wildman–Crippen LogP) is 3.89. The standard InChI is InChI=1S/C28H32FN3O5S/c1-5-30-28(34)21(3)31(18-22-9-8-10-23(17-22)37-4)27(33)19-32(26-12-7-6-11-25(26)29)38(35,36)24-15-13-20(2)14-16-24/h6-17,21H,5,18-19H2,1-4H3,(H,30,34)/t21-/m0/s1. The van der Waals surface area contributed by atoms with Crippen LogP contribution in [0.2, 0.25) is 0 Å². The molecule has 3 aromatic carbocycles. The van der Waals surface area contributed by atoms with E-state index in [0.29, 0.717) is 17.9 Å². The number of halogens is 1. The summed E-state index contributed by atoms with van der Waals surface area (Å²) in [5, 5.41) is 2.70. The maximum Gasteiger partial charge on any atom is 0.264 e. The number of benzene rings is 3. The van der Waals surface area contributed by atoms with Gasteiger partial charge in [-0.25, -0.2) is 12.8 Å². The Morgan fingerprint density at radius 1 is 1.03 bits per heavy atom. The molecule has 0 aliphatic carbocycles. The van der Waals surface area contributed by atoms with Gasteiger partial charge in [0.15, 0.2) is 0 Å². The predicted molar refractivity (Wildman–Crippen MR) is 144 cm³/mol. The molecule has 0 fully saturated rings. The van der Waals surface area contributed by atoms with Gasteiger partial charge in [-0.2, -0.15) is 0 Å². The van der Waals surface area contributed by atoms with Crippen LogP contribution in [0.5, 0.6) is 5.75 Å². The Balaban J connectivity index is 2.04. The van der Waals surface area contributed by atoms with E-state index in [1.807, 2.05) is 6.92 Å². The zero-order valence-corrected chi connectivity index (χ0v) is 22.7. The largest absolute Gasteiger partial charge is 0.497 e. The first-order chi connectivity index (χ1) is 18.1. The number of rotatable bonds is 11. The van der Waals surface area contributed by atoms with Crippen LogP contribution in [-0.4, -0.2) is 51.4 Å². The lowest BCUT2D eigenvalue weighted by Crippen LogP contribution is -2.51. The lowest BCUT2D eigenvalue weighted by molar-refractivity contribution is -0.139. The van der Waals surface area contributed by atoms with Crippen LogP contribution < -0.4 is 14.4 Å². The zero-order chi connectivity index (χ0) is 27.9. The Hall–Kier alpha value is -3.92. The first kappa shape index (κ1) is 28.6. The summed E-state index contributed by atoms with van der Waals surface area (Å²) in [6.45, 7) is 4.77. The summed E-state index contributed by atoms with van der Waals surface area (Å²) >= 11 is 0. The second kappa shape index (κ2) is 12.6. The van der Waals surface area contributed by atoms with Crippen molar-refractivity contribution in [3.63, 3.8) is 0 Å². The molecule has 202 valence electrons. The van der Waals surface area contributed by atoms with E-state index in [2.05, 4.69) is 5.32 Å². The Morgan fingerprint density at radius 2 is 1.71 bits per heavy atom. The van der Waals surface area contributed by atoms with Crippen LogP contribution in [0, 0.1) is 12.7 Å². The SMILES string of the molecule is CCNC(=O)[C@H](C)N(Cc1cccc(OC)c1)C(=O)CN(c1ccccc1F)S(=O)(=O)c1ccc(C)cc1. The maximum absolute atomic E-state index is 14.9. The van der Waals surface area contributed by atoms with Gasteiger partial charge in [-0.15, -0.1) is 0 Å². The van der Waals surface area contributed by atoms with E-state index in [1.54, 1.807) is 50.2 Å². The molecule has 0 spiro atoms. The summed E-state index contributed by atoms with van der Waals surface area (Å²) in [7, 11) is -2.82. The quantitative estimate of drug-likeness (QED) is 0.397. The molecule has 10 heteroatoms. The minimum atomic E-state index is -4.34. The number of para-hydroxylation sites is 1. The Kier molecular flexibility index (Phi) is 9.46. The molecule has 0 bridgehead atoms. The van der Waals surface area contributed by atoms with Crippen molar-refractivity contribution in [1.29, 1.82) is 0 Å². The third-order valence-corrected chi connectivity index (χ3v) is 7.79. The van der Waals surface area contributed by atoms with Gasteiger partial charge in [0.25, 0.3) is 10.0 Å². The van der Waals surface area contributed by atoms with Crippen molar-refractivity contribution in [3.8, 4) is 5.75 Å². The Bertz CT molecular complexity index is 1380. The third kappa shape index (κ3) is 6.69. The molecule has 1 atom stereocenters. The molecule has 2 amide bonds. The van der Waals surface area contributed by atoms with Crippen molar-refractivity contribution in [2.24, 2.45) is 0 Å². The highest BCUT2D eigenvalue weighted by molar-refractivity contribution is 7.92. The van der Waals surface area contributed by atoms with Crippen LogP contribution in [0.4, 0.5) is 10.1 Å². The summed E-state index contributed by atoms with van der Waals surface area (Å²) in [5.41, 5.74) is 1.25. The normalized spacial score (nSPS) is 11.9. The third-order valence-electron chi connectivity index (χ3n) is 6.01. The first-order valence-electron chi connectivity index (χ1n) is 12.1. The molecular weight excluding hydrogens is 509 g/mol. The summed E-state index contributed by atoms with van der Waals surface area (Å²) < 4.78 is 48.3. The topological polar surface area (TPSA) is 96.0 Å². The van der Waals surface area contributed by atoms with E-state index < -0.39 is 40.2 Å². The molecule has 3 aromatic rings. The van der Waals surface area contributed by atoms with Crippen molar-refractivity contribution in [1.82, 2.24) is 10.2 Å². The van der Waals surface area contributed by atoms with E-state index in [1.165, 1.54) is 42.3 Å². The van der Waals surface area contributed by atoms with E-state index in [4.69, 9.17) is 4.74 Å². The molecule has 0 aliphatic heterocycles. The molecule has 0 saturated heterocycles. The summed E-state index contributed by atoms with van der Waals surface area (Å²) in [6, 6.07) is 17.5. The minimum Gasteiger partial charge on any atom is -0.497 e. The highest BCUT2D eigenvalue weighted by atomic mass is 32.2. The van der Waals surface area contributed by atoms with Gasteiger partial charge in [0, 0.05) is 13.1 Å². The second-order valence-electron chi connectivity index (χ2n) is 8.72. The van der Waals surface area contributed by atoms with Crippen LogP contribution in [0.1, 0.15) is 25.0 Å². The minimum absolute atomic E-state index is 0.00399. The van der Waals surface area contributed by atoms with E-state index in [-0.39, 0.29) is 17.1 Å². The molecule has 8 nitrogen and oxygen atoms in total. The molecule has 0 aromatic heterocycles. The number of likely N-dealkylation sites (N-methyl/N-ethyl adjacent to an activating group) is 1. The maximum atomic E-state index is 14.9. The number of carbonyl (C=O) groups is 2. The number of aryl methyl sites for hydroxylation is 1. The molecule has 3 rings (SSSR count). The Morgan fingerprint density at radius 3 is 2.34 bits per heavy atom. The van der Waals surface area contributed by atoms with Crippen LogP contribution in [0.15, 0.2) is 77.7 Å². The summed E-state index contributed by atoms with van der Waals surface area (Å²) in [4.78, 5) is 27.7. The van der Waals surface area contributed by atoms with Crippen molar-refractivity contribution < 1.29 is 27.1 Å². The van der Waals surface area contributed by atoms with E-state index in [0.717, 1.165) is 15.9 Å². The van der Waals surface area contributed by atoms with Crippen LogP contribution >= 0.6 is 0 Å². The summed E-state index contributed by atoms with van der Waals surface area (Å²) in [5.74, 6) is -1.31. The van der Waals surface area contributed by atoms with Gasteiger partial charge < -0.3 is 15.0 Å². The molecule has 0 aliphatic rings. The molecule has 1 N–H and O–H groups in total. The van der Waals surface area contributed by atoms with Gasteiger partial charge in [-0.05, 0) is 62.7 Å². The second-order valence-corrected chi connectivity index (χ2v) is 10.6. The van der Waals surface area contributed by atoms with Crippen molar-refractivity contribution >= 4 is 27.5 Å². The van der Waals surface area contributed by atoms with E-state index >= 15 is 0 Å². The Labute approximate surface area is 223 Å². The lowest BCUT2D eigenvalue weighted by atomic mass is 10.1. The van der Waals surface area contributed by atoms with Gasteiger partial charge in [0.05, 0.1) is 17.7 Å². The van der Waals surface area contributed by atoms with Crippen LogP contribution in [-0.2, 0) is 26.2 Å². The first-order valence-corrected chi connectivity index (χ1v) is 13.6. The monoisotopic (exact) mass is 541 g/mol. The van der Waals surface area contributed by atoms with Crippen molar-refractivity contribution in [2.75, 3.05) is 24.5 Å². The fourth-order valence-electron chi connectivity index (χ4n) is 3.88. The number of nitrogens with one attached hydrogen (secondary N) is 1. The number of methoxy groups -OCH3 is 1. The van der Waals surface area contributed by atoms with Gasteiger partial charge in [-0.3, -0.25) is 13.9 Å². The number of hydrogen-bond acceptors (Lipinski definition) is 5. The number of hydrogen-bond donors (Lipinski definition) is 1. The molecule has 0 radical (unpaired) electrons. The van der Waals surface area contributed by atoms with Crippen LogP contribution in [0.3, 0.4) is 0 Å². The van der Waals surface area contributed by atoms with Crippen molar-refractivity contribution in [2.45, 2.75) is 38.3 Å². The molecule has 0 heterocycles. The van der Waals surface area contributed by atoms with Gasteiger partial charge >= 0.3 is 0 Å². The fraction of sp³-hybridized carbons (Fsp3) is 0.286. The number of nitrogens with zero attached hydrogens (tertiary/aromatic N) is 2. The number of carbonyl (C=O) groups excluding carboxylic acids is 2. The van der Waals surface area contributed by atoms with Gasteiger partial charge in [0.2, 0.25) is 11.8 Å². The lowest BCUT2D eigenvalue weighted by Gasteiger charge is -2.32. The molecule has 0 unspecified atom stereocenters. The summed E-state index contributed by atoms with van der Waals surface area (Å²) in [6.07, 6.45) is 0.